The minimum absolute atomic E-state index is 0.420. The van der Waals surface area contributed by atoms with Gasteiger partial charge in [-0.3, -0.25) is 4.21 Å². The van der Waals surface area contributed by atoms with E-state index in [9.17, 15) is 4.21 Å². The van der Waals surface area contributed by atoms with Gasteiger partial charge in [-0.1, -0.05) is 35.9 Å². The summed E-state index contributed by atoms with van der Waals surface area (Å²) in [5.41, 5.74) is 4.85. The van der Waals surface area contributed by atoms with Gasteiger partial charge in [0, 0.05) is 39.6 Å². The standard InChI is InChI=1S/C17H18ClNOS/c1-21(20)11-14-10-15(6-7-17(14)18)19-16-8-12-4-2-3-5-13(12)9-16/h2-7,10,16,19H,8-9,11H2,1H3/t21-/m0/s1. The van der Waals surface area contributed by atoms with Crippen molar-refractivity contribution in [1.29, 1.82) is 0 Å². The van der Waals surface area contributed by atoms with Crippen LogP contribution >= 0.6 is 11.6 Å². The van der Waals surface area contributed by atoms with Gasteiger partial charge in [-0.2, -0.15) is 0 Å². The lowest BCUT2D eigenvalue weighted by Crippen LogP contribution is -2.19. The third-order valence-electron chi connectivity index (χ3n) is 3.83. The Hall–Kier alpha value is -1.32. The SMILES string of the molecule is C[S@](=O)Cc1cc(NC2Cc3ccccc3C2)ccc1Cl. The molecular formula is C17H18ClNOS. The maximum atomic E-state index is 11.4. The molecule has 0 saturated heterocycles. The van der Waals surface area contributed by atoms with Crippen LogP contribution in [0, 0.1) is 0 Å². The van der Waals surface area contributed by atoms with Crippen molar-refractivity contribution in [2.24, 2.45) is 0 Å². The first-order valence-electron chi connectivity index (χ1n) is 7.03. The van der Waals surface area contributed by atoms with Crippen LogP contribution in [0.2, 0.25) is 5.02 Å². The van der Waals surface area contributed by atoms with Crippen LogP contribution in [0.3, 0.4) is 0 Å². The van der Waals surface area contributed by atoms with Crippen LogP contribution < -0.4 is 5.32 Å². The second kappa shape index (κ2) is 6.20. The second-order valence-electron chi connectivity index (χ2n) is 5.54. The van der Waals surface area contributed by atoms with Gasteiger partial charge in [-0.05, 0) is 47.7 Å². The molecule has 0 unspecified atom stereocenters. The summed E-state index contributed by atoms with van der Waals surface area (Å²) in [6, 6.07) is 14.9. The zero-order valence-corrected chi connectivity index (χ0v) is 13.5. The monoisotopic (exact) mass is 319 g/mol. The first kappa shape index (κ1) is 14.6. The molecule has 3 rings (SSSR count). The molecular weight excluding hydrogens is 302 g/mol. The molecule has 2 aromatic rings. The predicted octanol–water partition coefficient (Wildman–Crippen LogP) is 3.80. The third kappa shape index (κ3) is 3.47. The second-order valence-corrected chi connectivity index (χ2v) is 7.38. The third-order valence-corrected chi connectivity index (χ3v) is 4.91. The van der Waals surface area contributed by atoms with E-state index in [1.807, 2.05) is 18.2 Å². The van der Waals surface area contributed by atoms with Crippen LogP contribution in [0.5, 0.6) is 0 Å². The lowest BCUT2D eigenvalue weighted by atomic mass is 10.1. The number of halogens is 1. The Morgan fingerprint density at radius 2 is 1.86 bits per heavy atom. The van der Waals surface area contributed by atoms with Crippen molar-refractivity contribution < 1.29 is 4.21 Å². The van der Waals surface area contributed by atoms with Crippen molar-refractivity contribution in [3.63, 3.8) is 0 Å². The Labute approximate surface area is 133 Å². The van der Waals surface area contributed by atoms with Gasteiger partial charge in [0.05, 0.1) is 0 Å². The number of hydrogen-bond donors (Lipinski definition) is 1. The van der Waals surface area contributed by atoms with Crippen molar-refractivity contribution in [2.75, 3.05) is 11.6 Å². The van der Waals surface area contributed by atoms with E-state index >= 15 is 0 Å². The normalized spacial score (nSPS) is 15.7. The Morgan fingerprint density at radius 3 is 2.48 bits per heavy atom. The summed E-state index contributed by atoms with van der Waals surface area (Å²) in [7, 11) is -0.884. The average Bonchev–Trinajstić information content (AvgIpc) is 2.84. The van der Waals surface area contributed by atoms with Gasteiger partial charge in [0.2, 0.25) is 0 Å². The Balaban J connectivity index is 1.73. The van der Waals surface area contributed by atoms with Gasteiger partial charge < -0.3 is 5.32 Å². The minimum Gasteiger partial charge on any atom is -0.382 e. The molecule has 0 radical (unpaired) electrons. The van der Waals surface area contributed by atoms with Gasteiger partial charge >= 0.3 is 0 Å². The highest BCUT2D eigenvalue weighted by Gasteiger charge is 2.20. The van der Waals surface area contributed by atoms with E-state index in [1.165, 1.54) is 11.1 Å². The van der Waals surface area contributed by atoms with Crippen LogP contribution in [0.1, 0.15) is 16.7 Å². The van der Waals surface area contributed by atoms with E-state index < -0.39 is 10.8 Å². The maximum Gasteiger partial charge on any atom is 0.0498 e. The molecule has 0 amide bonds. The Kier molecular flexibility index (Phi) is 4.32. The highest BCUT2D eigenvalue weighted by Crippen LogP contribution is 2.27. The fourth-order valence-corrected chi connectivity index (χ4v) is 3.83. The molecule has 0 fully saturated rings. The molecule has 0 heterocycles. The van der Waals surface area contributed by atoms with E-state index in [2.05, 4.69) is 29.6 Å². The van der Waals surface area contributed by atoms with Crippen molar-refractivity contribution in [3.05, 3.63) is 64.2 Å². The van der Waals surface area contributed by atoms with Gasteiger partial charge in [0.25, 0.3) is 0 Å². The van der Waals surface area contributed by atoms with Gasteiger partial charge in [-0.25, -0.2) is 0 Å². The van der Waals surface area contributed by atoms with E-state index in [4.69, 9.17) is 11.6 Å². The Bertz CT molecular complexity index is 661. The molecule has 2 aromatic carbocycles. The molecule has 0 aliphatic heterocycles. The lowest BCUT2D eigenvalue weighted by Gasteiger charge is -2.15. The molecule has 1 aliphatic carbocycles. The molecule has 21 heavy (non-hydrogen) atoms. The summed E-state index contributed by atoms with van der Waals surface area (Å²) in [4.78, 5) is 0. The zero-order valence-electron chi connectivity index (χ0n) is 11.9. The van der Waals surface area contributed by atoms with Crippen LogP contribution in [0.15, 0.2) is 42.5 Å². The molecule has 1 aliphatic rings. The first-order chi connectivity index (χ1) is 10.1. The van der Waals surface area contributed by atoms with Crippen LogP contribution in [-0.2, 0) is 29.4 Å². The van der Waals surface area contributed by atoms with Gasteiger partial charge in [0.1, 0.15) is 0 Å². The molecule has 2 nitrogen and oxygen atoms in total. The summed E-state index contributed by atoms with van der Waals surface area (Å²) >= 11 is 6.17. The summed E-state index contributed by atoms with van der Waals surface area (Å²) < 4.78 is 11.4. The maximum absolute atomic E-state index is 11.4. The highest BCUT2D eigenvalue weighted by molar-refractivity contribution is 7.83. The fourth-order valence-electron chi connectivity index (χ4n) is 2.89. The number of hydrogen-bond acceptors (Lipinski definition) is 2. The van der Waals surface area contributed by atoms with E-state index in [0.29, 0.717) is 16.8 Å². The summed E-state index contributed by atoms with van der Waals surface area (Å²) in [5.74, 6) is 0.499. The van der Waals surface area contributed by atoms with E-state index in [0.717, 1.165) is 24.1 Å². The minimum atomic E-state index is -0.884. The highest BCUT2D eigenvalue weighted by atomic mass is 35.5. The lowest BCUT2D eigenvalue weighted by molar-refractivity contribution is 0.686. The Morgan fingerprint density at radius 1 is 1.19 bits per heavy atom. The van der Waals surface area contributed by atoms with Crippen LogP contribution in [0.25, 0.3) is 0 Å². The van der Waals surface area contributed by atoms with Crippen LogP contribution in [-0.4, -0.2) is 16.5 Å². The van der Waals surface area contributed by atoms with E-state index in [1.54, 1.807) is 6.26 Å². The van der Waals surface area contributed by atoms with Gasteiger partial charge in [0.15, 0.2) is 0 Å². The quantitative estimate of drug-likeness (QED) is 0.928. The summed E-state index contributed by atoms with van der Waals surface area (Å²) in [5, 5.41) is 4.26. The average molecular weight is 320 g/mol. The van der Waals surface area contributed by atoms with Crippen molar-refractivity contribution >= 4 is 28.1 Å². The van der Waals surface area contributed by atoms with Gasteiger partial charge in [-0.15, -0.1) is 0 Å². The number of benzene rings is 2. The summed E-state index contributed by atoms with van der Waals surface area (Å²) in [6.45, 7) is 0. The van der Waals surface area contributed by atoms with Crippen molar-refractivity contribution in [2.45, 2.75) is 24.6 Å². The molecule has 1 atom stereocenters. The van der Waals surface area contributed by atoms with Crippen molar-refractivity contribution in [3.8, 4) is 0 Å². The van der Waals surface area contributed by atoms with E-state index in [-0.39, 0.29) is 0 Å². The smallest absolute Gasteiger partial charge is 0.0498 e. The van der Waals surface area contributed by atoms with Crippen LogP contribution in [0.4, 0.5) is 5.69 Å². The molecule has 4 heteroatoms. The molecule has 0 saturated carbocycles. The molecule has 0 spiro atoms. The number of anilines is 1. The first-order valence-corrected chi connectivity index (χ1v) is 9.14. The molecule has 110 valence electrons. The predicted molar refractivity (Wildman–Crippen MR) is 90.5 cm³/mol. The molecule has 0 aromatic heterocycles. The summed E-state index contributed by atoms with van der Waals surface area (Å²) in [6.07, 6.45) is 3.80. The number of nitrogens with one attached hydrogen (secondary N) is 1. The topological polar surface area (TPSA) is 29.1 Å². The fraction of sp³-hybridized carbons (Fsp3) is 0.294. The largest absolute Gasteiger partial charge is 0.382 e. The molecule has 1 N–H and O–H groups in total. The number of fused-ring (bicyclic) bond motifs is 1. The zero-order chi connectivity index (χ0) is 14.8. The van der Waals surface area contributed by atoms with Crippen molar-refractivity contribution in [1.82, 2.24) is 0 Å². The number of rotatable bonds is 4. The molecule has 0 bridgehead atoms.